The average molecular weight is 322 g/mol. The third-order valence-corrected chi connectivity index (χ3v) is 3.16. The molecular formula is C15H16ClN3O3. The van der Waals surface area contributed by atoms with Crippen molar-refractivity contribution in [1.82, 2.24) is 15.1 Å². The number of aryl methyl sites for hydroxylation is 1. The Morgan fingerprint density at radius 3 is 2.86 bits per heavy atom. The topological polar surface area (TPSA) is 73.2 Å². The van der Waals surface area contributed by atoms with Gasteiger partial charge in [-0.25, -0.2) is 4.68 Å². The van der Waals surface area contributed by atoms with Crippen LogP contribution in [0.2, 0.25) is 5.02 Å². The number of para-hydroxylation sites is 1. The SMILES string of the molecule is O=C(COc1ccccc1Cl)NCCCn1ncccc1=O. The molecule has 1 amide bonds. The number of carbonyl (C=O) groups excluding carboxylic acids is 1. The molecule has 0 saturated heterocycles. The highest BCUT2D eigenvalue weighted by molar-refractivity contribution is 6.32. The normalized spacial score (nSPS) is 10.2. The number of carbonyl (C=O) groups is 1. The molecule has 0 unspecified atom stereocenters. The third-order valence-electron chi connectivity index (χ3n) is 2.85. The highest BCUT2D eigenvalue weighted by atomic mass is 35.5. The Bertz CT molecular complexity index is 687. The lowest BCUT2D eigenvalue weighted by molar-refractivity contribution is -0.123. The summed E-state index contributed by atoms with van der Waals surface area (Å²) >= 11 is 5.92. The Morgan fingerprint density at radius 2 is 2.09 bits per heavy atom. The highest BCUT2D eigenvalue weighted by Gasteiger charge is 2.05. The molecule has 0 saturated carbocycles. The average Bonchev–Trinajstić information content (AvgIpc) is 2.52. The maximum atomic E-state index is 11.6. The van der Waals surface area contributed by atoms with E-state index >= 15 is 0 Å². The van der Waals surface area contributed by atoms with Gasteiger partial charge >= 0.3 is 0 Å². The van der Waals surface area contributed by atoms with Crippen LogP contribution in [0.15, 0.2) is 47.4 Å². The standard InChI is InChI=1S/C15H16ClN3O3/c16-12-5-1-2-6-13(12)22-11-14(20)17-8-4-10-19-15(21)7-3-9-18-19/h1-3,5-7,9H,4,8,10-11H2,(H,17,20). The first kappa shape index (κ1) is 16.0. The molecule has 1 aromatic heterocycles. The zero-order chi connectivity index (χ0) is 15.8. The summed E-state index contributed by atoms with van der Waals surface area (Å²) in [4.78, 5) is 23.1. The number of benzene rings is 1. The molecule has 0 aliphatic rings. The van der Waals surface area contributed by atoms with Gasteiger partial charge in [0.2, 0.25) is 0 Å². The maximum Gasteiger partial charge on any atom is 0.266 e. The smallest absolute Gasteiger partial charge is 0.266 e. The molecule has 0 aliphatic heterocycles. The van der Waals surface area contributed by atoms with Crippen LogP contribution in [0.25, 0.3) is 0 Å². The number of ether oxygens (including phenoxy) is 1. The Balaban J connectivity index is 1.67. The zero-order valence-electron chi connectivity index (χ0n) is 11.9. The van der Waals surface area contributed by atoms with Crippen molar-refractivity contribution in [2.45, 2.75) is 13.0 Å². The zero-order valence-corrected chi connectivity index (χ0v) is 12.6. The van der Waals surface area contributed by atoms with Crippen LogP contribution in [0.3, 0.4) is 0 Å². The number of amides is 1. The number of nitrogens with one attached hydrogen (secondary N) is 1. The van der Waals surface area contributed by atoms with Crippen LogP contribution in [0, 0.1) is 0 Å². The third kappa shape index (κ3) is 4.89. The van der Waals surface area contributed by atoms with Crippen molar-refractivity contribution in [3.63, 3.8) is 0 Å². The molecular weight excluding hydrogens is 306 g/mol. The second kappa shape index (κ2) is 8.19. The van der Waals surface area contributed by atoms with Crippen LogP contribution in [0.4, 0.5) is 0 Å². The summed E-state index contributed by atoms with van der Waals surface area (Å²) in [6.45, 7) is 0.784. The van der Waals surface area contributed by atoms with E-state index in [1.54, 1.807) is 36.5 Å². The Morgan fingerprint density at radius 1 is 1.27 bits per heavy atom. The summed E-state index contributed by atoms with van der Waals surface area (Å²) in [5.74, 6) is 0.229. The van der Waals surface area contributed by atoms with E-state index in [1.165, 1.54) is 10.7 Å². The quantitative estimate of drug-likeness (QED) is 0.784. The van der Waals surface area contributed by atoms with E-state index < -0.39 is 0 Å². The Hall–Kier alpha value is -2.34. The fourth-order valence-corrected chi connectivity index (χ4v) is 1.96. The fraction of sp³-hybridized carbons (Fsp3) is 0.267. The minimum absolute atomic E-state index is 0.104. The van der Waals surface area contributed by atoms with E-state index in [4.69, 9.17) is 16.3 Å². The van der Waals surface area contributed by atoms with Crippen LogP contribution in [-0.2, 0) is 11.3 Å². The number of halogens is 1. The van der Waals surface area contributed by atoms with E-state index in [-0.39, 0.29) is 18.1 Å². The largest absolute Gasteiger partial charge is 0.482 e. The number of rotatable bonds is 7. The Kier molecular flexibility index (Phi) is 5.97. The fourth-order valence-electron chi connectivity index (χ4n) is 1.77. The molecule has 0 bridgehead atoms. The second-order valence-corrected chi connectivity index (χ2v) is 4.91. The summed E-state index contributed by atoms with van der Waals surface area (Å²) in [7, 11) is 0. The van der Waals surface area contributed by atoms with E-state index in [0.717, 1.165) is 0 Å². The molecule has 7 heteroatoms. The molecule has 22 heavy (non-hydrogen) atoms. The number of hydrogen-bond acceptors (Lipinski definition) is 4. The first-order valence-corrected chi connectivity index (χ1v) is 7.21. The number of aromatic nitrogens is 2. The van der Waals surface area contributed by atoms with Gasteiger partial charge in [-0.1, -0.05) is 23.7 Å². The summed E-state index contributed by atoms with van der Waals surface area (Å²) in [6.07, 6.45) is 2.16. The van der Waals surface area contributed by atoms with Crippen molar-refractivity contribution in [3.05, 3.63) is 58.0 Å². The first-order valence-electron chi connectivity index (χ1n) is 6.83. The van der Waals surface area contributed by atoms with Crippen molar-refractivity contribution in [1.29, 1.82) is 0 Å². The lowest BCUT2D eigenvalue weighted by atomic mass is 10.3. The van der Waals surface area contributed by atoms with Gasteiger partial charge in [-0.05, 0) is 24.6 Å². The monoisotopic (exact) mass is 321 g/mol. The lowest BCUT2D eigenvalue weighted by Crippen LogP contribution is -2.31. The van der Waals surface area contributed by atoms with Crippen molar-refractivity contribution in [2.75, 3.05) is 13.2 Å². The van der Waals surface area contributed by atoms with Crippen LogP contribution in [0.1, 0.15) is 6.42 Å². The molecule has 116 valence electrons. The van der Waals surface area contributed by atoms with Crippen LogP contribution >= 0.6 is 11.6 Å². The number of nitrogens with zero attached hydrogens (tertiary/aromatic N) is 2. The molecule has 2 aromatic rings. The molecule has 2 rings (SSSR count). The van der Waals surface area contributed by atoms with Gasteiger partial charge in [0.15, 0.2) is 6.61 Å². The van der Waals surface area contributed by atoms with Gasteiger partial charge in [0.1, 0.15) is 5.75 Å². The molecule has 1 aromatic carbocycles. The van der Waals surface area contributed by atoms with Crippen LogP contribution in [0.5, 0.6) is 5.75 Å². The highest BCUT2D eigenvalue weighted by Crippen LogP contribution is 2.22. The number of hydrogen-bond donors (Lipinski definition) is 1. The van der Waals surface area contributed by atoms with Gasteiger partial charge < -0.3 is 10.1 Å². The van der Waals surface area contributed by atoms with Crippen molar-refractivity contribution in [3.8, 4) is 5.75 Å². The van der Waals surface area contributed by atoms with Crippen molar-refractivity contribution in [2.24, 2.45) is 0 Å². The van der Waals surface area contributed by atoms with Gasteiger partial charge in [-0.2, -0.15) is 5.10 Å². The van der Waals surface area contributed by atoms with Gasteiger partial charge in [-0.3, -0.25) is 9.59 Å². The molecule has 0 aliphatic carbocycles. The molecule has 0 atom stereocenters. The summed E-state index contributed by atoms with van der Waals surface area (Å²) in [5, 5.41) is 7.11. The molecule has 0 fully saturated rings. The van der Waals surface area contributed by atoms with Gasteiger partial charge in [0.05, 0.1) is 5.02 Å². The van der Waals surface area contributed by atoms with Crippen LogP contribution in [-0.4, -0.2) is 28.8 Å². The van der Waals surface area contributed by atoms with E-state index in [0.29, 0.717) is 30.3 Å². The second-order valence-electron chi connectivity index (χ2n) is 4.51. The minimum Gasteiger partial charge on any atom is -0.482 e. The van der Waals surface area contributed by atoms with Gasteiger partial charge in [-0.15, -0.1) is 0 Å². The first-order chi connectivity index (χ1) is 10.7. The lowest BCUT2D eigenvalue weighted by Gasteiger charge is -2.08. The minimum atomic E-state index is -0.242. The van der Waals surface area contributed by atoms with Crippen molar-refractivity contribution >= 4 is 17.5 Å². The van der Waals surface area contributed by atoms with E-state index in [1.807, 2.05) is 0 Å². The summed E-state index contributed by atoms with van der Waals surface area (Å²) < 4.78 is 6.68. The van der Waals surface area contributed by atoms with E-state index in [9.17, 15) is 9.59 Å². The predicted molar refractivity (Wildman–Crippen MR) is 83.1 cm³/mol. The van der Waals surface area contributed by atoms with E-state index in [2.05, 4.69) is 10.4 Å². The molecule has 1 heterocycles. The Labute approximate surface area is 132 Å². The molecule has 1 N–H and O–H groups in total. The molecule has 0 spiro atoms. The van der Waals surface area contributed by atoms with Gasteiger partial charge in [0, 0.05) is 25.4 Å². The molecule has 6 nitrogen and oxygen atoms in total. The predicted octanol–water partition coefficient (Wildman–Crippen LogP) is 1.48. The summed E-state index contributed by atoms with van der Waals surface area (Å²) in [6, 6.07) is 10.00. The van der Waals surface area contributed by atoms with Gasteiger partial charge in [0.25, 0.3) is 11.5 Å². The maximum absolute atomic E-state index is 11.6. The summed E-state index contributed by atoms with van der Waals surface area (Å²) in [5.41, 5.74) is -0.157. The van der Waals surface area contributed by atoms with Crippen molar-refractivity contribution < 1.29 is 9.53 Å². The molecule has 0 radical (unpaired) electrons. The van der Waals surface area contributed by atoms with Crippen LogP contribution < -0.4 is 15.6 Å².